The van der Waals surface area contributed by atoms with E-state index in [1.807, 2.05) is 25.1 Å². The minimum absolute atomic E-state index is 0.00725. The molecule has 0 aromatic heterocycles. The van der Waals surface area contributed by atoms with Crippen molar-refractivity contribution in [3.05, 3.63) is 64.2 Å². The molecular weight excluding hydrogens is 440 g/mol. The third-order valence-corrected chi connectivity index (χ3v) is 6.49. The second-order valence-electron chi connectivity index (χ2n) is 9.52. The van der Waals surface area contributed by atoms with Crippen molar-refractivity contribution in [1.29, 1.82) is 5.26 Å². The van der Waals surface area contributed by atoms with E-state index in [9.17, 15) is 14.7 Å². The number of nitrogens with zero attached hydrogens (tertiary/aromatic N) is 3. The largest absolute Gasteiger partial charge is 0.465 e. The summed E-state index contributed by atoms with van der Waals surface area (Å²) in [6, 6.07) is 13.9. The van der Waals surface area contributed by atoms with Crippen LogP contribution >= 0.6 is 11.6 Å². The average Bonchev–Trinajstić information content (AvgIpc) is 2.75. The summed E-state index contributed by atoms with van der Waals surface area (Å²) in [5, 5.41) is 21.9. The van der Waals surface area contributed by atoms with E-state index in [1.165, 1.54) is 11.0 Å². The fourth-order valence-corrected chi connectivity index (χ4v) is 4.48. The zero-order chi connectivity index (χ0) is 24.3. The van der Waals surface area contributed by atoms with Crippen molar-refractivity contribution in [2.75, 3.05) is 18.4 Å². The Hall–Kier alpha value is -3.08. The molecule has 3 rings (SSSR count). The van der Waals surface area contributed by atoms with Gasteiger partial charge in [-0.1, -0.05) is 50.6 Å². The molecule has 2 unspecified atom stereocenters. The monoisotopic (exact) mass is 468 g/mol. The molecule has 8 heteroatoms. The van der Waals surface area contributed by atoms with Crippen LogP contribution in [0.4, 0.5) is 10.5 Å². The fourth-order valence-electron chi connectivity index (χ4n) is 4.25. The van der Waals surface area contributed by atoms with Gasteiger partial charge in [-0.2, -0.15) is 5.26 Å². The van der Waals surface area contributed by atoms with Crippen LogP contribution in [0.1, 0.15) is 49.2 Å². The molecule has 7 nitrogen and oxygen atoms in total. The lowest BCUT2D eigenvalue weighted by atomic mass is 9.83. The Labute approximate surface area is 199 Å². The quantitative estimate of drug-likeness (QED) is 0.653. The normalized spacial score (nSPS) is 19.1. The van der Waals surface area contributed by atoms with Crippen LogP contribution in [0.5, 0.6) is 0 Å². The topological polar surface area (TPSA) is 96.7 Å². The first-order valence-corrected chi connectivity index (χ1v) is 11.2. The van der Waals surface area contributed by atoms with E-state index in [4.69, 9.17) is 16.9 Å². The van der Waals surface area contributed by atoms with Crippen LogP contribution < -0.4 is 5.32 Å². The number of carboxylic acid groups (broad SMARTS) is 1. The fraction of sp³-hybridized carbons (Fsp3) is 0.400. The van der Waals surface area contributed by atoms with Gasteiger partial charge in [0.1, 0.15) is 0 Å². The predicted octanol–water partition coefficient (Wildman–Crippen LogP) is 5.06. The van der Waals surface area contributed by atoms with E-state index < -0.39 is 6.09 Å². The molecule has 1 heterocycles. The van der Waals surface area contributed by atoms with Crippen LogP contribution in [0.15, 0.2) is 42.5 Å². The first-order valence-electron chi connectivity index (χ1n) is 10.8. The maximum absolute atomic E-state index is 12.7. The molecule has 0 saturated carbocycles. The number of rotatable bonds is 4. The van der Waals surface area contributed by atoms with E-state index in [2.05, 4.69) is 31.0 Å². The number of halogens is 1. The Kier molecular flexibility index (Phi) is 7.31. The minimum Gasteiger partial charge on any atom is -0.465 e. The van der Waals surface area contributed by atoms with Crippen molar-refractivity contribution in [2.45, 2.75) is 46.3 Å². The molecule has 2 aromatic carbocycles. The zero-order valence-corrected chi connectivity index (χ0v) is 20.1. The lowest BCUT2D eigenvalue weighted by Gasteiger charge is -2.49. The summed E-state index contributed by atoms with van der Waals surface area (Å²) < 4.78 is 0. The first-order chi connectivity index (χ1) is 15.5. The first kappa shape index (κ1) is 24.6. The van der Waals surface area contributed by atoms with Crippen LogP contribution in [-0.2, 0) is 6.54 Å². The number of hydrogen-bond donors (Lipinski definition) is 2. The molecule has 2 N–H and O–H groups in total. The Bertz CT molecular complexity index is 1090. The predicted molar refractivity (Wildman–Crippen MR) is 128 cm³/mol. The highest BCUT2D eigenvalue weighted by Gasteiger charge is 2.40. The summed E-state index contributed by atoms with van der Waals surface area (Å²) in [6.45, 7) is 9.77. The van der Waals surface area contributed by atoms with Gasteiger partial charge in [0.25, 0.3) is 5.91 Å². The Morgan fingerprint density at radius 2 is 1.91 bits per heavy atom. The van der Waals surface area contributed by atoms with Crippen molar-refractivity contribution in [3.8, 4) is 6.07 Å². The Morgan fingerprint density at radius 1 is 1.21 bits per heavy atom. The number of amides is 2. The van der Waals surface area contributed by atoms with E-state index >= 15 is 0 Å². The molecule has 1 fully saturated rings. The molecule has 1 saturated heterocycles. The van der Waals surface area contributed by atoms with Gasteiger partial charge < -0.3 is 15.3 Å². The third kappa shape index (κ3) is 5.65. The number of carbonyl (C=O) groups excluding carboxylic acids is 1. The second kappa shape index (κ2) is 9.82. The van der Waals surface area contributed by atoms with Gasteiger partial charge >= 0.3 is 6.09 Å². The SMILES string of the molecule is CC1CN(Cc2cccc(NC(=O)c3cccc(C#N)c3)c2Cl)C(C(C)(C)C)CN1C(=O)O. The summed E-state index contributed by atoms with van der Waals surface area (Å²) in [6.07, 6.45) is -0.903. The van der Waals surface area contributed by atoms with Crippen molar-refractivity contribution in [2.24, 2.45) is 5.41 Å². The molecule has 1 aliphatic heterocycles. The molecular formula is C25H29ClN4O3. The maximum atomic E-state index is 12.7. The van der Waals surface area contributed by atoms with Gasteiger partial charge in [-0.15, -0.1) is 0 Å². The summed E-state index contributed by atoms with van der Waals surface area (Å²) in [4.78, 5) is 28.2. The minimum atomic E-state index is -0.903. The Balaban J connectivity index is 1.83. The number of anilines is 1. The number of benzene rings is 2. The average molecular weight is 469 g/mol. The lowest BCUT2D eigenvalue weighted by Crippen LogP contribution is -2.61. The molecule has 0 bridgehead atoms. The highest BCUT2D eigenvalue weighted by atomic mass is 35.5. The molecule has 1 aliphatic rings. The number of nitrogens with one attached hydrogen (secondary N) is 1. The van der Waals surface area contributed by atoms with Gasteiger partial charge in [-0.25, -0.2) is 4.79 Å². The summed E-state index contributed by atoms with van der Waals surface area (Å²) in [7, 11) is 0. The summed E-state index contributed by atoms with van der Waals surface area (Å²) >= 11 is 6.70. The zero-order valence-electron chi connectivity index (χ0n) is 19.3. The van der Waals surface area contributed by atoms with Crippen LogP contribution in [-0.4, -0.2) is 52.1 Å². The Morgan fingerprint density at radius 3 is 2.55 bits per heavy atom. The maximum Gasteiger partial charge on any atom is 0.407 e. The van der Waals surface area contributed by atoms with Crippen LogP contribution in [0.3, 0.4) is 0 Å². The second-order valence-corrected chi connectivity index (χ2v) is 9.90. The van der Waals surface area contributed by atoms with Gasteiger partial charge in [-0.3, -0.25) is 9.69 Å². The van der Waals surface area contributed by atoms with Crippen LogP contribution in [0, 0.1) is 16.7 Å². The van der Waals surface area contributed by atoms with Crippen molar-refractivity contribution in [3.63, 3.8) is 0 Å². The standard InChI is InChI=1S/C25H29ClN4O3/c1-16-13-29(21(25(2,3)4)15-30(16)24(32)33)14-19-9-6-10-20(22(19)26)28-23(31)18-8-5-7-17(11-18)12-27/h5-11,16,21H,13-15H2,1-4H3,(H,28,31)(H,32,33). The van der Waals surface area contributed by atoms with Crippen LogP contribution in [0.2, 0.25) is 5.02 Å². The van der Waals surface area contributed by atoms with Crippen molar-refractivity contribution in [1.82, 2.24) is 9.80 Å². The number of hydrogen-bond acceptors (Lipinski definition) is 4. The van der Waals surface area contributed by atoms with E-state index in [1.54, 1.807) is 24.3 Å². The van der Waals surface area contributed by atoms with Crippen molar-refractivity contribution >= 4 is 29.3 Å². The van der Waals surface area contributed by atoms with Gasteiger partial charge in [0.15, 0.2) is 0 Å². The molecule has 174 valence electrons. The molecule has 0 radical (unpaired) electrons. The van der Waals surface area contributed by atoms with E-state index in [0.717, 1.165) is 5.56 Å². The van der Waals surface area contributed by atoms with Crippen LogP contribution in [0.25, 0.3) is 0 Å². The van der Waals surface area contributed by atoms with E-state index in [-0.39, 0.29) is 23.4 Å². The van der Waals surface area contributed by atoms with Gasteiger partial charge in [-0.05, 0) is 42.2 Å². The lowest BCUT2D eigenvalue weighted by molar-refractivity contribution is -0.00948. The molecule has 0 spiro atoms. The number of piperazine rings is 1. The van der Waals surface area contributed by atoms with E-state index in [0.29, 0.717) is 41.5 Å². The molecule has 0 aliphatic carbocycles. The molecule has 2 amide bonds. The van der Waals surface area contributed by atoms with Gasteiger partial charge in [0.05, 0.1) is 22.3 Å². The number of nitriles is 1. The highest BCUT2D eigenvalue weighted by molar-refractivity contribution is 6.34. The third-order valence-electron chi connectivity index (χ3n) is 6.04. The highest BCUT2D eigenvalue weighted by Crippen LogP contribution is 2.33. The number of carbonyl (C=O) groups is 2. The van der Waals surface area contributed by atoms with Gasteiger partial charge in [0, 0.05) is 37.3 Å². The van der Waals surface area contributed by atoms with Crippen molar-refractivity contribution < 1.29 is 14.7 Å². The molecule has 33 heavy (non-hydrogen) atoms. The molecule has 2 atom stereocenters. The summed E-state index contributed by atoms with van der Waals surface area (Å²) in [5.74, 6) is -0.345. The summed E-state index contributed by atoms with van der Waals surface area (Å²) in [5.41, 5.74) is 1.99. The smallest absolute Gasteiger partial charge is 0.407 e. The van der Waals surface area contributed by atoms with Gasteiger partial charge in [0.2, 0.25) is 0 Å². The molecule has 2 aromatic rings.